The highest BCUT2D eigenvalue weighted by Crippen LogP contribution is 2.22. The van der Waals surface area contributed by atoms with Crippen LogP contribution in [0.1, 0.15) is 22.0 Å². The van der Waals surface area contributed by atoms with Gasteiger partial charge in [0.15, 0.2) is 0 Å². The topological polar surface area (TPSA) is 41.6 Å². The largest absolute Gasteiger partial charge is 0.379 e. The van der Waals surface area contributed by atoms with E-state index in [1.807, 2.05) is 0 Å². The summed E-state index contributed by atoms with van der Waals surface area (Å²) in [4.78, 5) is 14.4. The van der Waals surface area contributed by atoms with Crippen LogP contribution < -0.4 is 5.32 Å². The molecule has 7 heteroatoms. The zero-order chi connectivity index (χ0) is 18.5. The van der Waals surface area contributed by atoms with Gasteiger partial charge in [0.05, 0.1) is 24.8 Å². The molecule has 4 nitrogen and oxygen atoms in total. The first-order valence-corrected chi connectivity index (χ1v) is 8.35. The minimum absolute atomic E-state index is 0.202. The van der Waals surface area contributed by atoms with E-state index in [-0.39, 0.29) is 24.0 Å². The fraction of sp³-hybridized carbons (Fsp3) is 0.316. The van der Waals surface area contributed by atoms with E-state index in [4.69, 9.17) is 4.74 Å². The molecule has 1 aliphatic heterocycles. The predicted molar refractivity (Wildman–Crippen MR) is 90.2 cm³/mol. The van der Waals surface area contributed by atoms with Crippen LogP contribution in [0.4, 0.5) is 13.2 Å². The van der Waals surface area contributed by atoms with Gasteiger partial charge in [0.2, 0.25) is 0 Å². The number of halogens is 3. The van der Waals surface area contributed by atoms with Crippen molar-refractivity contribution >= 4 is 5.91 Å². The van der Waals surface area contributed by atoms with Gasteiger partial charge in [-0.3, -0.25) is 9.69 Å². The average molecular weight is 364 g/mol. The Hall–Kier alpha value is -2.38. The minimum Gasteiger partial charge on any atom is -0.379 e. The van der Waals surface area contributed by atoms with Crippen LogP contribution in [0, 0.1) is 17.5 Å². The van der Waals surface area contributed by atoms with Gasteiger partial charge in [0.1, 0.15) is 17.5 Å². The van der Waals surface area contributed by atoms with Crippen LogP contribution in [0.5, 0.6) is 0 Å². The fourth-order valence-corrected chi connectivity index (χ4v) is 2.99. The molecule has 1 amide bonds. The molecule has 1 aliphatic rings. The lowest BCUT2D eigenvalue weighted by Crippen LogP contribution is -2.43. The van der Waals surface area contributed by atoms with Crippen molar-refractivity contribution in [3.05, 3.63) is 71.0 Å². The molecule has 1 fully saturated rings. The number of carbonyl (C=O) groups is 1. The maximum atomic E-state index is 13.8. The summed E-state index contributed by atoms with van der Waals surface area (Å²) in [5.74, 6) is -2.61. The van der Waals surface area contributed by atoms with Crippen LogP contribution >= 0.6 is 0 Å². The van der Waals surface area contributed by atoms with Crippen molar-refractivity contribution in [2.24, 2.45) is 0 Å². The molecule has 3 rings (SSSR count). The van der Waals surface area contributed by atoms with E-state index >= 15 is 0 Å². The van der Waals surface area contributed by atoms with Gasteiger partial charge >= 0.3 is 0 Å². The SMILES string of the molecule is O=C(NCC(c1ccc(F)cc1)N1CCOCC1)c1ccc(F)cc1F. The summed E-state index contributed by atoms with van der Waals surface area (Å²) in [5, 5.41) is 2.69. The molecule has 26 heavy (non-hydrogen) atoms. The lowest BCUT2D eigenvalue weighted by molar-refractivity contribution is 0.0162. The Morgan fingerprint density at radius 3 is 2.35 bits per heavy atom. The van der Waals surface area contributed by atoms with Gasteiger partial charge < -0.3 is 10.1 Å². The molecular formula is C19H19F3N2O2. The van der Waals surface area contributed by atoms with Gasteiger partial charge in [-0.15, -0.1) is 0 Å². The molecule has 1 unspecified atom stereocenters. The van der Waals surface area contributed by atoms with Crippen molar-refractivity contribution in [3.63, 3.8) is 0 Å². The molecule has 0 saturated carbocycles. The van der Waals surface area contributed by atoms with E-state index in [9.17, 15) is 18.0 Å². The number of carbonyl (C=O) groups excluding carboxylic acids is 1. The summed E-state index contributed by atoms with van der Waals surface area (Å²) in [6.07, 6.45) is 0. The highest BCUT2D eigenvalue weighted by molar-refractivity contribution is 5.94. The lowest BCUT2D eigenvalue weighted by Gasteiger charge is -2.35. The van der Waals surface area contributed by atoms with Gasteiger partial charge in [0.25, 0.3) is 5.91 Å². The number of hydrogen-bond acceptors (Lipinski definition) is 3. The van der Waals surface area contributed by atoms with Crippen LogP contribution in [0.15, 0.2) is 42.5 Å². The second-order valence-electron chi connectivity index (χ2n) is 6.05. The molecule has 2 aromatic carbocycles. The van der Waals surface area contributed by atoms with E-state index in [1.54, 1.807) is 12.1 Å². The Kier molecular flexibility index (Phi) is 5.90. The maximum Gasteiger partial charge on any atom is 0.254 e. The molecule has 2 aromatic rings. The van der Waals surface area contributed by atoms with E-state index in [0.717, 1.165) is 17.7 Å². The molecule has 0 bridgehead atoms. The van der Waals surface area contributed by atoms with Gasteiger partial charge in [0, 0.05) is 25.7 Å². The zero-order valence-corrected chi connectivity index (χ0v) is 14.1. The molecule has 1 heterocycles. The van der Waals surface area contributed by atoms with Crippen LogP contribution in [0.25, 0.3) is 0 Å². The Bertz CT molecular complexity index is 762. The second kappa shape index (κ2) is 8.33. The number of rotatable bonds is 5. The summed E-state index contributed by atoms with van der Waals surface area (Å²) in [5.41, 5.74) is 0.624. The molecule has 1 N–H and O–H groups in total. The third-order valence-electron chi connectivity index (χ3n) is 4.37. The van der Waals surface area contributed by atoms with Crippen molar-refractivity contribution in [2.75, 3.05) is 32.8 Å². The smallest absolute Gasteiger partial charge is 0.254 e. The lowest BCUT2D eigenvalue weighted by atomic mass is 10.0. The number of amides is 1. The summed E-state index contributed by atoms with van der Waals surface area (Å²) >= 11 is 0. The number of ether oxygens (including phenoxy) is 1. The van der Waals surface area contributed by atoms with E-state index in [2.05, 4.69) is 10.2 Å². The van der Waals surface area contributed by atoms with E-state index in [0.29, 0.717) is 32.4 Å². The van der Waals surface area contributed by atoms with Crippen LogP contribution in [-0.4, -0.2) is 43.7 Å². The van der Waals surface area contributed by atoms with Crippen molar-refractivity contribution in [3.8, 4) is 0 Å². The highest BCUT2D eigenvalue weighted by atomic mass is 19.1. The van der Waals surface area contributed by atoms with E-state index in [1.165, 1.54) is 12.1 Å². The molecule has 138 valence electrons. The number of nitrogens with zero attached hydrogens (tertiary/aromatic N) is 1. The summed E-state index contributed by atoms with van der Waals surface area (Å²) in [6.45, 7) is 2.68. The third-order valence-corrected chi connectivity index (χ3v) is 4.37. The van der Waals surface area contributed by atoms with Crippen LogP contribution in [0.3, 0.4) is 0 Å². The summed E-state index contributed by atoms with van der Waals surface area (Å²) < 4.78 is 45.4. The van der Waals surface area contributed by atoms with Crippen molar-refractivity contribution in [2.45, 2.75) is 6.04 Å². The van der Waals surface area contributed by atoms with E-state index < -0.39 is 17.5 Å². The maximum absolute atomic E-state index is 13.8. The molecular weight excluding hydrogens is 345 g/mol. The Morgan fingerprint density at radius 2 is 1.69 bits per heavy atom. The van der Waals surface area contributed by atoms with Gasteiger partial charge in [-0.05, 0) is 29.8 Å². The molecule has 0 spiro atoms. The Balaban J connectivity index is 1.74. The number of benzene rings is 2. The fourth-order valence-electron chi connectivity index (χ4n) is 2.99. The first kappa shape index (κ1) is 18.4. The predicted octanol–water partition coefficient (Wildman–Crippen LogP) is 2.91. The second-order valence-corrected chi connectivity index (χ2v) is 6.05. The Morgan fingerprint density at radius 1 is 1.04 bits per heavy atom. The van der Waals surface area contributed by atoms with Gasteiger partial charge in [-0.25, -0.2) is 13.2 Å². The highest BCUT2D eigenvalue weighted by Gasteiger charge is 2.24. The molecule has 0 aromatic heterocycles. The zero-order valence-electron chi connectivity index (χ0n) is 14.1. The van der Waals surface area contributed by atoms with Crippen molar-refractivity contribution < 1.29 is 22.7 Å². The third kappa shape index (κ3) is 4.42. The molecule has 0 aliphatic carbocycles. The normalized spacial score (nSPS) is 16.3. The number of nitrogens with one attached hydrogen (secondary N) is 1. The number of hydrogen-bond donors (Lipinski definition) is 1. The molecule has 1 saturated heterocycles. The average Bonchev–Trinajstić information content (AvgIpc) is 2.64. The quantitative estimate of drug-likeness (QED) is 0.887. The molecule has 0 radical (unpaired) electrons. The first-order valence-electron chi connectivity index (χ1n) is 8.35. The molecule has 1 atom stereocenters. The minimum atomic E-state index is -0.910. The number of morpholine rings is 1. The van der Waals surface area contributed by atoms with Crippen molar-refractivity contribution in [1.82, 2.24) is 10.2 Å². The standard InChI is InChI=1S/C19H19F3N2O2/c20-14-3-1-13(2-4-14)18(24-7-9-26-10-8-24)12-23-19(25)16-6-5-15(21)11-17(16)22/h1-6,11,18H,7-10,12H2,(H,23,25). The van der Waals surface area contributed by atoms with Crippen LogP contribution in [-0.2, 0) is 4.74 Å². The van der Waals surface area contributed by atoms with Gasteiger partial charge in [-0.1, -0.05) is 12.1 Å². The van der Waals surface area contributed by atoms with Gasteiger partial charge in [-0.2, -0.15) is 0 Å². The monoisotopic (exact) mass is 364 g/mol. The Labute approximate surface area is 149 Å². The van der Waals surface area contributed by atoms with Crippen molar-refractivity contribution in [1.29, 1.82) is 0 Å². The van der Waals surface area contributed by atoms with Crippen LogP contribution in [0.2, 0.25) is 0 Å². The first-order chi connectivity index (χ1) is 12.5. The summed E-state index contributed by atoms with van der Waals surface area (Å²) in [7, 11) is 0. The summed E-state index contributed by atoms with van der Waals surface area (Å²) in [6, 6.07) is 8.69.